The lowest BCUT2D eigenvalue weighted by Crippen LogP contribution is -1.94. The zero-order valence-electron chi connectivity index (χ0n) is 17.9. The van der Waals surface area contributed by atoms with Crippen molar-refractivity contribution in [1.29, 1.82) is 5.26 Å². The van der Waals surface area contributed by atoms with E-state index in [9.17, 15) is 14.4 Å². The van der Waals surface area contributed by atoms with Gasteiger partial charge in [0, 0.05) is 31.2 Å². The summed E-state index contributed by atoms with van der Waals surface area (Å²) in [5.41, 5.74) is 4.67. The number of halogens is 1. The average Bonchev–Trinajstić information content (AvgIpc) is 3.12. The van der Waals surface area contributed by atoms with Crippen molar-refractivity contribution in [2.45, 2.75) is 0 Å². The van der Waals surface area contributed by atoms with Gasteiger partial charge < -0.3 is 19.4 Å². The van der Waals surface area contributed by atoms with E-state index in [0.29, 0.717) is 17.8 Å². The smallest absolute Gasteiger partial charge is 0.298 e. The highest BCUT2D eigenvalue weighted by atomic mass is 19.1. The number of hydrogen-bond acceptors (Lipinski definition) is 5. The third-order valence-electron chi connectivity index (χ3n) is 4.96. The largest absolute Gasteiger partial charge is 0.497 e. The van der Waals surface area contributed by atoms with Crippen molar-refractivity contribution in [1.82, 2.24) is 4.57 Å². The van der Waals surface area contributed by atoms with Gasteiger partial charge in [0.25, 0.3) is 6.47 Å². The van der Waals surface area contributed by atoms with E-state index in [4.69, 9.17) is 4.74 Å². The highest BCUT2D eigenvalue weighted by Gasteiger charge is 2.17. The Morgan fingerprint density at radius 2 is 1.69 bits per heavy atom. The number of nitriles is 1. The molecule has 0 unspecified atom stereocenters. The third kappa shape index (κ3) is 4.71. The monoisotopic (exact) mass is 431 g/mol. The number of benzene rings is 3. The molecule has 0 aliphatic carbocycles. The molecular formula is C25H22FN3O3. The number of ether oxygens (including phenoxy) is 2. The molecule has 0 spiro atoms. The summed E-state index contributed by atoms with van der Waals surface area (Å²) in [6.45, 7) is 0.299. The van der Waals surface area contributed by atoms with Gasteiger partial charge in [-0.25, -0.2) is 4.39 Å². The summed E-state index contributed by atoms with van der Waals surface area (Å²) < 4.78 is 23.9. The van der Waals surface area contributed by atoms with Gasteiger partial charge in [-0.15, -0.1) is 0 Å². The molecule has 0 fully saturated rings. The molecule has 7 heteroatoms. The summed E-state index contributed by atoms with van der Waals surface area (Å²) >= 11 is 0. The lowest BCUT2D eigenvalue weighted by molar-refractivity contribution is -0.120. The van der Waals surface area contributed by atoms with Crippen molar-refractivity contribution in [3.63, 3.8) is 0 Å². The van der Waals surface area contributed by atoms with Crippen LogP contribution in [0.15, 0.2) is 66.7 Å². The molecule has 1 N–H and O–H groups in total. The van der Waals surface area contributed by atoms with Gasteiger partial charge in [0.2, 0.25) is 0 Å². The Morgan fingerprint density at radius 3 is 2.25 bits per heavy atom. The zero-order chi connectivity index (χ0) is 23.1. The molecular weight excluding hydrogens is 409 g/mol. The van der Waals surface area contributed by atoms with Crippen LogP contribution in [0.2, 0.25) is 0 Å². The van der Waals surface area contributed by atoms with E-state index < -0.39 is 0 Å². The maximum atomic E-state index is 12.2. The Hall–Kier alpha value is -4.31. The normalized spacial score (nSPS) is 9.97. The van der Waals surface area contributed by atoms with Crippen LogP contribution >= 0.6 is 0 Å². The second-order valence-corrected chi connectivity index (χ2v) is 6.77. The number of anilines is 1. The molecule has 0 aliphatic heterocycles. The molecule has 0 bridgehead atoms. The lowest BCUT2D eigenvalue weighted by atomic mass is 10.1. The predicted molar refractivity (Wildman–Crippen MR) is 122 cm³/mol. The molecule has 0 radical (unpaired) electrons. The summed E-state index contributed by atoms with van der Waals surface area (Å²) in [7, 11) is 5.51. The number of aryl methyl sites for hydroxylation is 1. The van der Waals surface area contributed by atoms with Crippen LogP contribution in [0, 0.1) is 17.1 Å². The minimum absolute atomic E-state index is 0.299. The van der Waals surface area contributed by atoms with Crippen molar-refractivity contribution in [3.05, 3.63) is 78.1 Å². The highest BCUT2D eigenvalue weighted by Crippen LogP contribution is 2.34. The molecule has 0 saturated heterocycles. The Kier molecular flexibility index (Phi) is 7.09. The topological polar surface area (TPSA) is 76.3 Å². The third-order valence-corrected chi connectivity index (χ3v) is 4.96. The summed E-state index contributed by atoms with van der Waals surface area (Å²) in [5.74, 6) is 0.782. The van der Waals surface area contributed by atoms with Crippen LogP contribution in [-0.2, 0) is 11.8 Å². The van der Waals surface area contributed by atoms with Gasteiger partial charge in [-0.05, 0) is 54.1 Å². The van der Waals surface area contributed by atoms with Gasteiger partial charge >= 0.3 is 0 Å². The number of hydrogen-bond donors (Lipinski definition) is 1. The number of carbonyl (C=O) groups excluding carboxylic acids is 1. The fourth-order valence-corrected chi connectivity index (χ4v) is 3.36. The molecule has 0 saturated carbocycles. The van der Waals surface area contributed by atoms with Gasteiger partial charge in [0.05, 0.1) is 23.9 Å². The molecule has 1 heterocycles. The van der Waals surface area contributed by atoms with Crippen LogP contribution in [0.25, 0.3) is 22.2 Å². The van der Waals surface area contributed by atoms with Crippen molar-refractivity contribution in [2.24, 2.45) is 7.05 Å². The first-order valence-corrected chi connectivity index (χ1v) is 9.73. The van der Waals surface area contributed by atoms with Gasteiger partial charge in [-0.1, -0.05) is 12.1 Å². The Morgan fingerprint density at radius 1 is 1.03 bits per heavy atom. The minimum Gasteiger partial charge on any atom is -0.497 e. The first-order chi connectivity index (χ1) is 15.5. The Balaban J connectivity index is 0.000000243. The number of fused-ring (bicyclic) bond motifs is 1. The van der Waals surface area contributed by atoms with E-state index in [1.165, 1.54) is 24.3 Å². The first kappa shape index (κ1) is 22.4. The average molecular weight is 431 g/mol. The molecule has 32 heavy (non-hydrogen) atoms. The second kappa shape index (κ2) is 10.1. The summed E-state index contributed by atoms with van der Waals surface area (Å²) in [6, 6.07) is 21.4. The van der Waals surface area contributed by atoms with Crippen LogP contribution in [-0.4, -0.2) is 25.2 Å². The van der Waals surface area contributed by atoms with E-state index >= 15 is 0 Å². The van der Waals surface area contributed by atoms with Gasteiger partial charge in [-0.2, -0.15) is 5.26 Å². The van der Waals surface area contributed by atoms with Crippen LogP contribution in [0.5, 0.6) is 11.5 Å². The van der Waals surface area contributed by atoms with Gasteiger partial charge in [-0.3, -0.25) is 4.79 Å². The number of nitrogens with one attached hydrogen (secondary N) is 1. The predicted octanol–water partition coefficient (Wildman–Crippen LogP) is 5.13. The highest BCUT2D eigenvalue weighted by molar-refractivity contribution is 5.95. The number of rotatable bonds is 5. The quantitative estimate of drug-likeness (QED) is 0.444. The summed E-state index contributed by atoms with van der Waals surface area (Å²) in [6.07, 6.45) is 0. The number of methoxy groups -OCH3 is 1. The van der Waals surface area contributed by atoms with E-state index in [-0.39, 0.29) is 5.82 Å². The minimum atomic E-state index is -0.349. The van der Waals surface area contributed by atoms with Gasteiger partial charge in [0.1, 0.15) is 23.4 Å². The molecule has 0 amide bonds. The van der Waals surface area contributed by atoms with Crippen LogP contribution in [0.3, 0.4) is 0 Å². The van der Waals surface area contributed by atoms with Crippen molar-refractivity contribution < 1.29 is 18.7 Å². The molecule has 162 valence electrons. The van der Waals surface area contributed by atoms with E-state index in [0.717, 1.165) is 33.6 Å². The molecule has 1 aromatic heterocycles. The van der Waals surface area contributed by atoms with Crippen molar-refractivity contribution in [3.8, 4) is 28.8 Å². The molecule has 3 aromatic carbocycles. The molecule has 0 aliphatic rings. The van der Waals surface area contributed by atoms with Crippen molar-refractivity contribution in [2.75, 3.05) is 19.5 Å². The summed E-state index contributed by atoms with van der Waals surface area (Å²) in [5, 5.41) is 13.7. The maximum absolute atomic E-state index is 12.2. The van der Waals surface area contributed by atoms with Crippen molar-refractivity contribution >= 4 is 23.1 Å². The second-order valence-electron chi connectivity index (χ2n) is 6.77. The van der Waals surface area contributed by atoms with Crippen LogP contribution in [0.4, 0.5) is 10.1 Å². The Bertz CT molecular complexity index is 1260. The van der Waals surface area contributed by atoms with E-state index in [1.807, 2.05) is 61.1 Å². The lowest BCUT2D eigenvalue weighted by Gasteiger charge is -2.07. The zero-order valence-corrected chi connectivity index (χ0v) is 17.9. The fourth-order valence-electron chi connectivity index (χ4n) is 3.36. The molecule has 6 nitrogen and oxygen atoms in total. The maximum Gasteiger partial charge on any atom is 0.298 e. The van der Waals surface area contributed by atoms with Crippen LogP contribution < -0.4 is 14.8 Å². The summed E-state index contributed by atoms with van der Waals surface area (Å²) in [4.78, 5) is 9.74. The molecule has 4 aromatic rings. The van der Waals surface area contributed by atoms with E-state index in [1.54, 1.807) is 7.11 Å². The standard InChI is InChI=1S/C18H17N3O.C7H5FO2/c1-20-13-6-4-12(5-7-13)18-16(11-19)15-9-8-14(22-3)10-17(15)21(18)2;8-6-1-3-7(4-2-6)10-5-9/h4-10,20H,1-3H3;1-5H. The number of nitrogens with zero attached hydrogens (tertiary/aromatic N) is 2. The fraction of sp³-hybridized carbons (Fsp3) is 0.120. The van der Waals surface area contributed by atoms with Crippen LogP contribution in [0.1, 0.15) is 5.56 Å². The molecule has 4 rings (SSSR count). The van der Waals surface area contributed by atoms with E-state index in [2.05, 4.69) is 16.1 Å². The SMILES string of the molecule is CNc1ccc(-c2c(C#N)c3ccc(OC)cc3n2C)cc1.O=COc1ccc(F)cc1. The Labute approximate surface area is 185 Å². The van der Waals surface area contributed by atoms with Gasteiger partial charge in [0.15, 0.2) is 0 Å². The number of aromatic nitrogens is 1. The first-order valence-electron chi connectivity index (χ1n) is 9.73. The molecule has 0 atom stereocenters. The number of carbonyl (C=O) groups is 1.